The van der Waals surface area contributed by atoms with Gasteiger partial charge in [-0.15, -0.1) is 0 Å². The fourth-order valence-corrected chi connectivity index (χ4v) is 1.25. The number of hydrogen-bond acceptors (Lipinski definition) is 4. The molecule has 0 saturated carbocycles. The van der Waals surface area contributed by atoms with Crippen molar-refractivity contribution in [2.75, 3.05) is 12.3 Å². The summed E-state index contributed by atoms with van der Waals surface area (Å²) in [7, 11) is 0. The van der Waals surface area contributed by atoms with Crippen LogP contribution in [-0.2, 0) is 6.42 Å². The van der Waals surface area contributed by atoms with Gasteiger partial charge in [-0.1, -0.05) is 13.3 Å². The molecule has 0 aliphatic heterocycles. The van der Waals surface area contributed by atoms with Crippen LogP contribution in [0.15, 0.2) is 6.33 Å². The predicted molar refractivity (Wildman–Crippen MR) is 56.9 cm³/mol. The largest absolute Gasteiger partial charge is 0.471 e. The molecule has 0 bridgehead atoms. The Bertz CT molecular complexity index is 401. The molecular formula is C10H13F4N3O. The van der Waals surface area contributed by atoms with Crippen molar-refractivity contribution in [3.63, 3.8) is 0 Å². The van der Waals surface area contributed by atoms with Crippen LogP contribution in [0.2, 0.25) is 0 Å². The van der Waals surface area contributed by atoms with Gasteiger partial charge >= 0.3 is 12.3 Å². The summed E-state index contributed by atoms with van der Waals surface area (Å²) in [6.07, 6.45) is -1.67. The van der Waals surface area contributed by atoms with Gasteiger partial charge in [0.25, 0.3) is 0 Å². The van der Waals surface area contributed by atoms with Crippen LogP contribution in [0, 0.1) is 0 Å². The van der Waals surface area contributed by atoms with Gasteiger partial charge in [-0.25, -0.2) is 18.7 Å². The second-order valence-corrected chi connectivity index (χ2v) is 3.64. The molecule has 0 amide bonds. The van der Waals surface area contributed by atoms with E-state index < -0.39 is 19.0 Å². The highest BCUT2D eigenvalue weighted by atomic mass is 19.3. The van der Waals surface area contributed by atoms with E-state index in [2.05, 4.69) is 14.7 Å². The maximum absolute atomic E-state index is 12.7. The van der Waals surface area contributed by atoms with Gasteiger partial charge in [-0.3, -0.25) is 0 Å². The molecule has 1 aromatic rings. The molecule has 102 valence electrons. The van der Waals surface area contributed by atoms with E-state index in [4.69, 9.17) is 5.73 Å². The van der Waals surface area contributed by atoms with Gasteiger partial charge in [-0.05, 0) is 6.42 Å². The number of halogens is 4. The van der Waals surface area contributed by atoms with E-state index in [0.717, 1.165) is 6.33 Å². The SMILES string of the molecule is CCCc1c(N)ncnc1OCC(F)(F)C(F)F. The Kier molecular flexibility index (Phi) is 4.69. The first kappa shape index (κ1) is 14.5. The van der Waals surface area contributed by atoms with E-state index in [1.165, 1.54) is 0 Å². The number of nitrogens with zero attached hydrogens (tertiary/aromatic N) is 2. The molecule has 0 unspecified atom stereocenters. The Hall–Kier alpha value is -1.60. The first-order valence-electron chi connectivity index (χ1n) is 5.26. The van der Waals surface area contributed by atoms with Crippen molar-refractivity contribution in [2.45, 2.75) is 32.1 Å². The van der Waals surface area contributed by atoms with Crippen molar-refractivity contribution in [3.05, 3.63) is 11.9 Å². The predicted octanol–water partition coefficient (Wildman–Crippen LogP) is 2.29. The standard InChI is InChI=1S/C10H13F4N3O/c1-2-3-6-7(15)16-5-17-8(6)18-4-10(13,14)9(11)12/h5,9H,2-4H2,1H3,(H2,15,16,17). The lowest BCUT2D eigenvalue weighted by atomic mass is 10.2. The molecular weight excluding hydrogens is 254 g/mol. The van der Waals surface area contributed by atoms with Gasteiger partial charge in [0.2, 0.25) is 5.88 Å². The Morgan fingerprint density at radius 2 is 2.06 bits per heavy atom. The summed E-state index contributed by atoms with van der Waals surface area (Å²) in [5.41, 5.74) is 5.89. The Morgan fingerprint density at radius 3 is 2.61 bits per heavy atom. The Labute approximate surface area is 101 Å². The van der Waals surface area contributed by atoms with Crippen LogP contribution in [0.1, 0.15) is 18.9 Å². The third-order valence-electron chi connectivity index (χ3n) is 2.16. The molecule has 1 aromatic heterocycles. The number of nitrogens with two attached hydrogens (primary N) is 1. The molecule has 2 N–H and O–H groups in total. The minimum atomic E-state index is -4.22. The first-order chi connectivity index (χ1) is 8.38. The van der Waals surface area contributed by atoms with Crippen LogP contribution in [0.25, 0.3) is 0 Å². The zero-order chi connectivity index (χ0) is 13.8. The molecule has 0 aliphatic rings. The summed E-state index contributed by atoms with van der Waals surface area (Å²) < 4.78 is 53.9. The minimum absolute atomic E-state index is 0.0993. The molecule has 8 heteroatoms. The summed E-state index contributed by atoms with van der Waals surface area (Å²) >= 11 is 0. The molecule has 0 saturated heterocycles. The van der Waals surface area contributed by atoms with E-state index in [1.807, 2.05) is 6.92 Å². The topological polar surface area (TPSA) is 61.0 Å². The molecule has 0 fully saturated rings. The fourth-order valence-electron chi connectivity index (χ4n) is 1.25. The molecule has 18 heavy (non-hydrogen) atoms. The number of alkyl halides is 4. The van der Waals surface area contributed by atoms with Gasteiger partial charge in [0.15, 0.2) is 6.61 Å². The molecule has 0 atom stereocenters. The average Bonchev–Trinajstić information content (AvgIpc) is 2.30. The second-order valence-electron chi connectivity index (χ2n) is 3.64. The summed E-state index contributed by atoms with van der Waals surface area (Å²) in [5.74, 6) is -4.30. The van der Waals surface area contributed by atoms with Crippen molar-refractivity contribution >= 4 is 5.82 Å². The zero-order valence-electron chi connectivity index (χ0n) is 9.67. The summed E-state index contributed by atoms with van der Waals surface area (Å²) in [6.45, 7) is 0.391. The number of ether oxygens (including phenoxy) is 1. The fraction of sp³-hybridized carbons (Fsp3) is 0.600. The number of aromatic nitrogens is 2. The van der Waals surface area contributed by atoms with Crippen molar-refractivity contribution in [1.82, 2.24) is 9.97 Å². The van der Waals surface area contributed by atoms with Crippen molar-refractivity contribution in [1.29, 1.82) is 0 Å². The van der Waals surface area contributed by atoms with E-state index in [1.54, 1.807) is 0 Å². The van der Waals surface area contributed by atoms with Gasteiger partial charge in [0.1, 0.15) is 12.1 Å². The average molecular weight is 267 g/mol. The first-order valence-corrected chi connectivity index (χ1v) is 5.26. The smallest absolute Gasteiger partial charge is 0.340 e. The van der Waals surface area contributed by atoms with Gasteiger partial charge in [-0.2, -0.15) is 8.78 Å². The molecule has 4 nitrogen and oxygen atoms in total. The van der Waals surface area contributed by atoms with Crippen LogP contribution in [0.3, 0.4) is 0 Å². The van der Waals surface area contributed by atoms with E-state index in [0.29, 0.717) is 18.4 Å². The summed E-state index contributed by atoms with van der Waals surface area (Å²) in [6, 6.07) is 0. The van der Waals surface area contributed by atoms with Crippen LogP contribution in [0.5, 0.6) is 5.88 Å². The molecule has 0 radical (unpaired) electrons. The molecule has 0 spiro atoms. The lowest BCUT2D eigenvalue weighted by Gasteiger charge is -2.17. The second kappa shape index (κ2) is 5.83. The summed E-state index contributed by atoms with van der Waals surface area (Å²) in [4.78, 5) is 7.32. The van der Waals surface area contributed by atoms with Gasteiger partial charge < -0.3 is 10.5 Å². The highest BCUT2D eigenvalue weighted by Gasteiger charge is 2.42. The zero-order valence-corrected chi connectivity index (χ0v) is 9.67. The molecule has 0 aromatic carbocycles. The number of nitrogen functional groups attached to an aromatic ring is 1. The van der Waals surface area contributed by atoms with Gasteiger partial charge in [0.05, 0.1) is 5.56 Å². The summed E-state index contributed by atoms with van der Waals surface area (Å²) in [5, 5.41) is 0. The van der Waals surface area contributed by atoms with Crippen molar-refractivity contribution in [2.24, 2.45) is 0 Å². The maximum Gasteiger partial charge on any atom is 0.340 e. The van der Waals surface area contributed by atoms with Crippen molar-refractivity contribution in [3.8, 4) is 5.88 Å². The van der Waals surface area contributed by atoms with E-state index in [-0.39, 0.29) is 11.7 Å². The third kappa shape index (κ3) is 3.44. The quantitative estimate of drug-likeness (QED) is 0.803. The molecule has 1 rings (SSSR count). The Morgan fingerprint density at radius 1 is 1.39 bits per heavy atom. The minimum Gasteiger partial charge on any atom is -0.471 e. The Balaban J connectivity index is 2.82. The van der Waals surface area contributed by atoms with E-state index in [9.17, 15) is 17.6 Å². The van der Waals surface area contributed by atoms with Crippen LogP contribution in [0.4, 0.5) is 23.4 Å². The highest BCUT2D eigenvalue weighted by molar-refractivity contribution is 5.44. The van der Waals surface area contributed by atoms with Crippen LogP contribution in [-0.4, -0.2) is 28.9 Å². The van der Waals surface area contributed by atoms with Gasteiger partial charge in [0, 0.05) is 0 Å². The lowest BCUT2D eigenvalue weighted by Crippen LogP contribution is -2.34. The number of hydrogen-bond donors (Lipinski definition) is 1. The van der Waals surface area contributed by atoms with E-state index >= 15 is 0 Å². The highest BCUT2D eigenvalue weighted by Crippen LogP contribution is 2.26. The molecule has 1 heterocycles. The normalized spacial score (nSPS) is 11.9. The lowest BCUT2D eigenvalue weighted by molar-refractivity contribution is -0.148. The molecule has 0 aliphatic carbocycles. The maximum atomic E-state index is 12.7. The number of rotatable bonds is 6. The number of anilines is 1. The third-order valence-corrected chi connectivity index (χ3v) is 2.16. The van der Waals surface area contributed by atoms with Crippen LogP contribution < -0.4 is 10.5 Å². The van der Waals surface area contributed by atoms with Crippen LogP contribution >= 0.6 is 0 Å². The monoisotopic (exact) mass is 267 g/mol. The van der Waals surface area contributed by atoms with Crippen molar-refractivity contribution < 1.29 is 22.3 Å².